The van der Waals surface area contributed by atoms with Crippen molar-refractivity contribution in [2.75, 3.05) is 24.8 Å². The molecule has 0 aromatic heterocycles. The Kier molecular flexibility index (Phi) is 7.86. The number of nitrogens with zero attached hydrogens (tertiary/aromatic N) is 2. The first-order valence-electron chi connectivity index (χ1n) is 10.5. The maximum absolute atomic E-state index is 13.6. The lowest BCUT2D eigenvalue weighted by Gasteiger charge is -2.24. The first-order valence-corrected chi connectivity index (χ1v) is 13.6. The largest absolute Gasteiger partial charge is 0.496 e. The lowest BCUT2D eigenvalue weighted by atomic mass is 10.2. The van der Waals surface area contributed by atoms with Gasteiger partial charge in [-0.05, 0) is 81.2 Å². The summed E-state index contributed by atoms with van der Waals surface area (Å²) in [6.07, 6.45) is 1.43. The van der Waals surface area contributed by atoms with Crippen LogP contribution in [0.3, 0.4) is 0 Å². The predicted octanol–water partition coefficient (Wildman–Crippen LogP) is 4.60. The van der Waals surface area contributed by atoms with Crippen LogP contribution < -0.4 is 23.9 Å². The molecule has 0 unspecified atom stereocenters. The number of hydrogen-bond acceptors (Lipinski definition) is 7. The van der Waals surface area contributed by atoms with E-state index in [2.05, 4.69) is 42.4 Å². The Hall–Kier alpha value is -3.09. The summed E-state index contributed by atoms with van der Waals surface area (Å²) in [5.74, 6) is 1.03. The summed E-state index contributed by atoms with van der Waals surface area (Å²) in [6.45, 7) is 1.53. The number of rotatable bonds is 8. The van der Waals surface area contributed by atoms with E-state index in [1.807, 2.05) is 6.92 Å². The number of aryl methyl sites for hydroxylation is 1. The molecule has 9 nitrogen and oxygen atoms in total. The number of methoxy groups -OCH3 is 1. The molecule has 3 aromatic carbocycles. The van der Waals surface area contributed by atoms with Crippen molar-refractivity contribution in [1.29, 1.82) is 0 Å². The molecular weight excluding hydrogens is 618 g/mol. The van der Waals surface area contributed by atoms with Crippen LogP contribution in [0.15, 0.2) is 73.5 Å². The number of halogens is 2. The Morgan fingerprint density at radius 3 is 2.44 bits per heavy atom. The van der Waals surface area contributed by atoms with Crippen LogP contribution in [0.2, 0.25) is 0 Å². The van der Waals surface area contributed by atoms with Gasteiger partial charge in [-0.15, -0.1) is 0 Å². The summed E-state index contributed by atoms with van der Waals surface area (Å²) < 4.78 is 45.2. The Balaban J connectivity index is 1.57. The zero-order chi connectivity index (χ0) is 25.9. The number of carbonyl (C=O) groups is 1. The molecule has 1 heterocycles. The fourth-order valence-electron chi connectivity index (χ4n) is 3.33. The molecule has 3 aromatic rings. The van der Waals surface area contributed by atoms with Gasteiger partial charge in [0.25, 0.3) is 15.9 Å². The van der Waals surface area contributed by atoms with E-state index in [0.29, 0.717) is 37.4 Å². The number of fused-ring (bicyclic) bond motifs is 1. The molecule has 0 saturated carbocycles. The molecule has 0 atom stereocenters. The summed E-state index contributed by atoms with van der Waals surface area (Å²) in [6, 6.07) is 14.7. The van der Waals surface area contributed by atoms with Crippen LogP contribution >= 0.6 is 31.9 Å². The van der Waals surface area contributed by atoms with Gasteiger partial charge in [-0.25, -0.2) is 13.8 Å². The van der Waals surface area contributed by atoms with Gasteiger partial charge in [0.05, 0.1) is 28.4 Å². The molecule has 0 radical (unpaired) electrons. The molecule has 0 saturated heterocycles. The zero-order valence-corrected chi connectivity index (χ0v) is 23.2. The highest BCUT2D eigenvalue weighted by molar-refractivity contribution is 9.10. The Bertz CT molecular complexity index is 1430. The first kappa shape index (κ1) is 26.0. The van der Waals surface area contributed by atoms with Crippen LogP contribution in [-0.2, 0) is 14.8 Å². The summed E-state index contributed by atoms with van der Waals surface area (Å²) in [4.78, 5) is 12.8. The molecular formula is C24H21Br2N3O6S. The van der Waals surface area contributed by atoms with E-state index in [-0.39, 0.29) is 11.7 Å². The van der Waals surface area contributed by atoms with Gasteiger partial charge < -0.3 is 14.2 Å². The van der Waals surface area contributed by atoms with E-state index < -0.39 is 22.5 Å². The Labute approximate surface area is 225 Å². The van der Waals surface area contributed by atoms with Gasteiger partial charge in [0.15, 0.2) is 11.5 Å². The Morgan fingerprint density at radius 1 is 1.08 bits per heavy atom. The molecule has 4 rings (SSSR count). The van der Waals surface area contributed by atoms with Crippen LogP contribution in [0.5, 0.6) is 17.2 Å². The minimum Gasteiger partial charge on any atom is -0.496 e. The molecule has 12 heteroatoms. The van der Waals surface area contributed by atoms with Crippen molar-refractivity contribution in [3.8, 4) is 17.2 Å². The summed E-state index contributed by atoms with van der Waals surface area (Å²) in [7, 11) is -2.62. The normalized spacial score (nSPS) is 12.6. The van der Waals surface area contributed by atoms with Crippen LogP contribution in [-0.4, -0.2) is 41.0 Å². The molecule has 0 fully saturated rings. The monoisotopic (exact) mass is 637 g/mol. The minimum atomic E-state index is -4.10. The molecule has 36 heavy (non-hydrogen) atoms. The van der Waals surface area contributed by atoms with Crippen molar-refractivity contribution < 1.29 is 27.4 Å². The second-order valence-electron chi connectivity index (χ2n) is 7.66. The molecule has 0 bridgehead atoms. The van der Waals surface area contributed by atoms with Gasteiger partial charge in [-0.1, -0.05) is 17.7 Å². The number of benzene rings is 3. The van der Waals surface area contributed by atoms with Crippen molar-refractivity contribution in [2.45, 2.75) is 11.8 Å². The van der Waals surface area contributed by atoms with Crippen LogP contribution in [0.4, 0.5) is 5.69 Å². The molecule has 0 aliphatic carbocycles. The SMILES string of the molecule is COc1ccc(S(=O)(=O)N(CC(=O)N/N=C\c2cc3c(cc2Br)OCO3)c2ccc(C)cc2)cc1Br. The number of hydrogen-bond donors (Lipinski definition) is 1. The Morgan fingerprint density at radius 2 is 1.78 bits per heavy atom. The number of sulfonamides is 1. The number of ether oxygens (including phenoxy) is 3. The second-order valence-corrected chi connectivity index (χ2v) is 11.2. The predicted molar refractivity (Wildman–Crippen MR) is 142 cm³/mol. The highest BCUT2D eigenvalue weighted by Gasteiger charge is 2.28. The molecule has 1 amide bonds. The molecule has 1 aliphatic heterocycles. The lowest BCUT2D eigenvalue weighted by molar-refractivity contribution is -0.119. The summed E-state index contributed by atoms with van der Waals surface area (Å²) in [5, 5.41) is 3.98. The maximum atomic E-state index is 13.6. The molecule has 188 valence electrons. The summed E-state index contributed by atoms with van der Waals surface area (Å²) >= 11 is 6.74. The highest BCUT2D eigenvalue weighted by atomic mass is 79.9. The third-order valence-electron chi connectivity index (χ3n) is 5.21. The zero-order valence-electron chi connectivity index (χ0n) is 19.2. The van der Waals surface area contributed by atoms with Crippen molar-refractivity contribution in [2.24, 2.45) is 5.10 Å². The van der Waals surface area contributed by atoms with E-state index in [1.165, 1.54) is 31.5 Å². The van der Waals surface area contributed by atoms with Gasteiger partial charge in [0.2, 0.25) is 6.79 Å². The van der Waals surface area contributed by atoms with Crippen molar-refractivity contribution >= 4 is 59.7 Å². The van der Waals surface area contributed by atoms with E-state index in [0.717, 1.165) is 9.87 Å². The van der Waals surface area contributed by atoms with Gasteiger partial charge in [0, 0.05) is 10.0 Å². The van der Waals surface area contributed by atoms with Gasteiger partial charge >= 0.3 is 0 Å². The van der Waals surface area contributed by atoms with Crippen LogP contribution in [0, 0.1) is 6.92 Å². The topological polar surface area (TPSA) is 107 Å². The van der Waals surface area contributed by atoms with E-state index in [9.17, 15) is 13.2 Å². The van der Waals surface area contributed by atoms with Crippen molar-refractivity contribution in [3.05, 3.63) is 74.7 Å². The van der Waals surface area contributed by atoms with E-state index in [4.69, 9.17) is 14.2 Å². The number of hydrazone groups is 1. The van der Waals surface area contributed by atoms with Crippen molar-refractivity contribution in [3.63, 3.8) is 0 Å². The molecule has 1 aliphatic rings. The van der Waals surface area contributed by atoms with Gasteiger partial charge in [0.1, 0.15) is 12.3 Å². The van der Waals surface area contributed by atoms with Gasteiger partial charge in [-0.3, -0.25) is 9.10 Å². The smallest absolute Gasteiger partial charge is 0.264 e. The third-order valence-corrected chi connectivity index (χ3v) is 8.28. The average molecular weight is 639 g/mol. The standard InChI is InChI=1S/C24H21Br2N3O6S/c1-15-3-5-17(6-4-15)29(36(31,32)18-7-8-21(33-2)20(26)10-18)13-24(30)28-27-12-16-9-22-23(11-19(16)25)35-14-34-22/h3-12H,13-14H2,1-2H3,(H,28,30)/b27-12-. The van der Waals surface area contributed by atoms with Crippen LogP contribution in [0.1, 0.15) is 11.1 Å². The number of anilines is 1. The first-order chi connectivity index (χ1) is 17.2. The summed E-state index contributed by atoms with van der Waals surface area (Å²) in [5.41, 5.74) is 4.33. The average Bonchev–Trinajstić information content (AvgIpc) is 3.30. The second kappa shape index (κ2) is 10.9. The van der Waals surface area contributed by atoms with E-state index in [1.54, 1.807) is 36.4 Å². The molecule has 1 N–H and O–H groups in total. The lowest BCUT2D eigenvalue weighted by Crippen LogP contribution is -2.39. The van der Waals surface area contributed by atoms with Crippen molar-refractivity contribution in [1.82, 2.24) is 5.43 Å². The number of carbonyl (C=O) groups excluding carboxylic acids is 1. The van der Waals surface area contributed by atoms with E-state index >= 15 is 0 Å². The number of amides is 1. The number of nitrogens with one attached hydrogen (secondary N) is 1. The minimum absolute atomic E-state index is 0.00339. The molecule has 0 spiro atoms. The van der Waals surface area contributed by atoms with Gasteiger partial charge in [-0.2, -0.15) is 5.10 Å². The third kappa shape index (κ3) is 5.66. The quantitative estimate of drug-likeness (QED) is 0.286. The fourth-order valence-corrected chi connectivity index (χ4v) is 5.90. The highest BCUT2D eigenvalue weighted by Crippen LogP contribution is 2.36. The maximum Gasteiger partial charge on any atom is 0.264 e. The van der Waals surface area contributed by atoms with Crippen LogP contribution in [0.25, 0.3) is 0 Å². The fraction of sp³-hybridized carbons (Fsp3) is 0.167.